The van der Waals surface area contributed by atoms with Gasteiger partial charge >= 0.3 is 0 Å². The molecule has 0 radical (unpaired) electrons. The minimum Gasteiger partial charge on any atom is -0.484 e. The summed E-state index contributed by atoms with van der Waals surface area (Å²) in [5.41, 5.74) is 0.927. The highest BCUT2D eigenvalue weighted by molar-refractivity contribution is 9.10. The SMILES string of the molecule is Cc1cc(Br)cc(Cl)c1OCc1ccc(C=O)o1. The molecule has 5 heteroatoms. The van der Waals surface area contributed by atoms with Gasteiger partial charge in [-0.1, -0.05) is 27.5 Å². The maximum absolute atomic E-state index is 10.5. The van der Waals surface area contributed by atoms with Crippen LogP contribution in [0.3, 0.4) is 0 Å². The fourth-order valence-electron chi connectivity index (χ4n) is 1.55. The summed E-state index contributed by atoms with van der Waals surface area (Å²) < 4.78 is 11.7. The van der Waals surface area contributed by atoms with Gasteiger partial charge in [0.25, 0.3) is 0 Å². The molecule has 1 heterocycles. The van der Waals surface area contributed by atoms with Gasteiger partial charge in [-0.25, -0.2) is 0 Å². The lowest BCUT2D eigenvalue weighted by Crippen LogP contribution is -1.96. The monoisotopic (exact) mass is 328 g/mol. The van der Waals surface area contributed by atoms with E-state index in [4.69, 9.17) is 20.8 Å². The number of halogens is 2. The van der Waals surface area contributed by atoms with Crippen molar-refractivity contribution in [1.82, 2.24) is 0 Å². The minimum atomic E-state index is 0.232. The van der Waals surface area contributed by atoms with Gasteiger partial charge in [-0.15, -0.1) is 0 Å². The van der Waals surface area contributed by atoms with Gasteiger partial charge in [0.05, 0.1) is 5.02 Å². The smallest absolute Gasteiger partial charge is 0.185 e. The topological polar surface area (TPSA) is 39.4 Å². The van der Waals surface area contributed by atoms with E-state index < -0.39 is 0 Å². The lowest BCUT2D eigenvalue weighted by Gasteiger charge is -2.10. The Balaban J connectivity index is 2.12. The molecular formula is C13H10BrClO3. The highest BCUT2D eigenvalue weighted by Crippen LogP contribution is 2.32. The summed E-state index contributed by atoms with van der Waals surface area (Å²) in [5, 5.41) is 0.532. The van der Waals surface area contributed by atoms with Crippen LogP contribution in [0, 0.1) is 6.92 Å². The van der Waals surface area contributed by atoms with Crippen LogP contribution in [0.25, 0.3) is 0 Å². The molecule has 0 bridgehead atoms. The van der Waals surface area contributed by atoms with E-state index in [9.17, 15) is 4.79 Å². The highest BCUT2D eigenvalue weighted by Gasteiger charge is 2.09. The van der Waals surface area contributed by atoms with Crippen molar-refractivity contribution in [2.24, 2.45) is 0 Å². The Morgan fingerprint density at radius 1 is 1.44 bits per heavy atom. The van der Waals surface area contributed by atoms with Gasteiger partial charge in [0, 0.05) is 4.47 Å². The molecule has 0 aliphatic carbocycles. The zero-order valence-corrected chi connectivity index (χ0v) is 11.9. The molecule has 1 aromatic carbocycles. The van der Waals surface area contributed by atoms with Gasteiger partial charge in [-0.05, 0) is 36.8 Å². The number of furan rings is 1. The molecule has 0 unspecified atom stereocenters. The normalized spacial score (nSPS) is 10.4. The number of carbonyl (C=O) groups is 1. The van der Waals surface area contributed by atoms with Crippen molar-refractivity contribution < 1.29 is 13.9 Å². The van der Waals surface area contributed by atoms with Crippen LogP contribution in [0.1, 0.15) is 21.9 Å². The Hall–Kier alpha value is -1.26. The van der Waals surface area contributed by atoms with E-state index in [2.05, 4.69) is 15.9 Å². The predicted molar refractivity (Wildman–Crippen MR) is 72.3 cm³/mol. The van der Waals surface area contributed by atoms with Crippen molar-refractivity contribution in [3.8, 4) is 5.75 Å². The Kier molecular flexibility index (Phi) is 4.09. The van der Waals surface area contributed by atoms with Crippen molar-refractivity contribution in [3.05, 3.63) is 50.8 Å². The summed E-state index contributed by atoms with van der Waals surface area (Å²) in [6.45, 7) is 2.14. The second-order valence-corrected chi connectivity index (χ2v) is 5.07. The molecule has 0 amide bonds. The van der Waals surface area contributed by atoms with Gasteiger partial charge in [0.1, 0.15) is 18.1 Å². The molecule has 0 aliphatic rings. The molecule has 0 spiro atoms. The average Bonchev–Trinajstić information content (AvgIpc) is 2.75. The predicted octanol–water partition coefficient (Wildman–Crippen LogP) is 4.40. The lowest BCUT2D eigenvalue weighted by molar-refractivity contribution is 0.109. The van der Waals surface area contributed by atoms with Gasteiger partial charge in [-0.3, -0.25) is 4.79 Å². The molecule has 18 heavy (non-hydrogen) atoms. The lowest BCUT2D eigenvalue weighted by atomic mass is 10.2. The molecule has 2 rings (SSSR count). The fraction of sp³-hybridized carbons (Fsp3) is 0.154. The standard InChI is InChI=1S/C13H10BrClO3/c1-8-4-9(14)5-12(15)13(8)17-7-11-3-2-10(6-16)18-11/h2-6H,7H2,1H3. The van der Waals surface area contributed by atoms with E-state index in [0.717, 1.165) is 10.0 Å². The van der Waals surface area contributed by atoms with Crippen LogP contribution in [0.15, 0.2) is 33.2 Å². The van der Waals surface area contributed by atoms with Crippen LogP contribution in [0.4, 0.5) is 0 Å². The van der Waals surface area contributed by atoms with E-state index in [1.807, 2.05) is 13.0 Å². The van der Waals surface area contributed by atoms with E-state index in [1.54, 1.807) is 18.2 Å². The van der Waals surface area contributed by atoms with E-state index in [0.29, 0.717) is 22.8 Å². The van der Waals surface area contributed by atoms with Crippen molar-refractivity contribution in [2.45, 2.75) is 13.5 Å². The van der Waals surface area contributed by atoms with Crippen molar-refractivity contribution in [3.63, 3.8) is 0 Å². The first-order chi connectivity index (χ1) is 8.60. The van der Waals surface area contributed by atoms with E-state index in [-0.39, 0.29) is 12.4 Å². The quantitative estimate of drug-likeness (QED) is 0.781. The fourth-order valence-corrected chi connectivity index (χ4v) is 2.58. The number of carbonyl (C=O) groups excluding carboxylic acids is 1. The Labute approximate surface area is 118 Å². The van der Waals surface area contributed by atoms with Gasteiger partial charge in [0.15, 0.2) is 12.0 Å². The van der Waals surface area contributed by atoms with Gasteiger partial charge in [-0.2, -0.15) is 0 Å². The van der Waals surface area contributed by atoms with Crippen LogP contribution in [0.5, 0.6) is 5.75 Å². The molecule has 0 saturated heterocycles. The molecular weight excluding hydrogens is 319 g/mol. The largest absolute Gasteiger partial charge is 0.484 e. The molecule has 0 saturated carbocycles. The van der Waals surface area contributed by atoms with Gasteiger partial charge in [0.2, 0.25) is 0 Å². The number of benzene rings is 1. The summed E-state index contributed by atoms with van der Waals surface area (Å²) in [4.78, 5) is 10.5. The first-order valence-electron chi connectivity index (χ1n) is 5.22. The summed E-state index contributed by atoms with van der Waals surface area (Å²) >= 11 is 9.45. The number of aryl methyl sites for hydroxylation is 1. The van der Waals surface area contributed by atoms with Crippen LogP contribution in [-0.4, -0.2) is 6.29 Å². The summed E-state index contributed by atoms with van der Waals surface area (Å²) in [6.07, 6.45) is 0.654. The summed E-state index contributed by atoms with van der Waals surface area (Å²) in [5.74, 6) is 1.48. The molecule has 0 aliphatic heterocycles. The van der Waals surface area contributed by atoms with Gasteiger partial charge < -0.3 is 9.15 Å². The minimum absolute atomic E-state index is 0.232. The highest BCUT2D eigenvalue weighted by atomic mass is 79.9. The molecule has 0 atom stereocenters. The van der Waals surface area contributed by atoms with E-state index >= 15 is 0 Å². The molecule has 3 nitrogen and oxygen atoms in total. The number of aldehydes is 1. The van der Waals surface area contributed by atoms with Crippen LogP contribution in [0.2, 0.25) is 5.02 Å². The van der Waals surface area contributed by atoms with E-state index in [1.165, 1.54) is 0 Å². The third kappa shape index (κ3) is 2.94. The molecule has 94 valence electrons. The molecule has 0 fully saturated rings. The zero-order chi connectivity index (χ0) is 13.1. The first kappa shape index (κ1) is 13.2. The molecule has 0 N–H and O–H groups in total. The van der Waals surface area contributed by atoms with Crippen LogP contribution < -0.4 is 4.74 Å². The zero-order valence-electron chi connectivity index (χ0n) is 9.57. The maximum Gasteiger partial charge on any atom is 0.185 e. The number of ether oxygens (including phenoxy) is 1. The number of rotatable bonds is 4. The van der Waals surface area contributed by atoms with Crippen LogP contribution >= 0.6 is 27.5 Å². The third-order valence-corrected chi connectivity index (χ3v) is 3.09. The van der Waals surface area contributed by atoms with Crippen molar-refractivity contribution in [2.75, 3.05) is 0 Å². The van der Waals surface area contributed by atoms with Crippen molar-refractivity contribution in [1.29, 1.82) is 0 Å². The second-order valence-electron chi connectivity index (χ2n) is 3.74. The Morgan fingerprint density at radius 3 is 2.83 bits per heavy atom. The third-order valence-electron chi connectivity index (χ3n) is 2.35. The average molecular weight is 330 g/mol. The first-order valence-corrected chi connectivity index (χ1v) is 6.39. The second kappa shape index (κ2) is 5.59. The number of hydrogen-bond donors (Lipinski definition) is 0. The maximum atomic E-state index is 10.5. The van der Waals surface area contributed by atoms with Crippen LogP contribution in [-0.2, 0) is 6.61 Å². The Bertz CT molecular complexity index is 554. The summed E-state index contributed by atoms with van der Waals surface area (Å²) in [7, 11) is 0. The Morgan fingerprint density at radius 2 is 2.22 bits per heavy atom. The van der Waals surface area contributed by atoms with Crippen molar-refractivity contribution >= 4 is 33.8 Å². The number of hydrogen-bond acceptors (Lipinski definition) is 3. The summed E-state index contributed by atoms with van der Waals surface area (Å²) in [6, 6.07) is 6.98. The molecule has 2 aromatic rings. The molecule has 1 aromatic heterocycles.